The van der Waals surface area contributed by atoms with Crippen molar-refractivity contribution in [2.75, 3.05) is 0 Å². The first-order valence-electron chi connectivity index (χ1n) is 12.3. The Balaban J connectivity index is 1.51. The monoisotopic (exact) mass is 481 g/mol. The average Bonchev–Trinajstić information content (AvgIpc) is 3.24. The molecule has 6 heteroatoms. The largest absolute Gasteiger partial charge is 0.444 e. The summed E-state index contributed by atoms with van der Waals surface area (Å²) in [5.74, 6) is -0.213. The van der Waals surface area contributed by atoms with Gasteiger partial charge in [-0.2, -0.15) is 0 Å². The minimum absolute atomic E-state index is 0.213. The predicted molar refractivity (Wildman–Crippen MR) is 140 cm³/mol. The van der Waals surface area contributed by atoms with Crippen LogP contribution in [0.4, 0.5) is 4.79 Å². The summed E-state index contributed by atoms with van der Waals surface area (Å²) in [7, 11) is 0. The number of hydrogen-bond acceptors (Lipinski definition) is 3. The number of nitrogens with one attached hydrogen (secondary N) is 2. The third-order valence-corrected chi connectivity index (χ3v) is 6.49. The van der Waals surface area contributed by atoms with Crippen LogP contribution in [0.3, 0.4) is 0 Å². The van der Waals surface area contributed by atoms with E-state index < -0.39 is 17.7 Å². The number of carbonyl (C=O) groups is 2. The smallest absolute Gasteiger partial charge is 0.411 e. The van der Waals surface area contributed by atoms with E-state index in [2.05, 4.69) is 16.4 Å². The van der Waals surface area contributed by atoms with Crippen LogP contribution >= 0.6 is 0 Å². The molecule has 2 heterocycles. The van der Waals surface area contributed by atoms with Crippen molar-refractivity contribution in [2.45, 2.75) is 51.4 Å². The lowest BCUT2D eigenvalue weighted by Gasteiger charge is -2.36. The molecular formula is C30H31N3O3. The number of hydrogen-bond donors (Lipinski definition) is 2. The molecule has 1 aliphatic heterocycles. The molecule has 2 N–H and O–H groups in total. The van der Waals surface area contributed by atoms with Crippen molar-refractivity contribution in [1.82, 2.24) is 15.2 Å². The van der Waals surface area contributed by atoms with Gasteiger partial charge in [-0.15, -0.1) is 0 Å². The van der Waals surface area contributed by atoms with Gasteiger partial charge in [-0.25, -0.2) is 4.79 Å². The second kappa shape index (κ2) is 9.53. The Morgan fingerprint density at radius 2 is 1.50 bits per heavy atom. The second-order valence-corrected chi connectivity index (χ2v) is 10.2. The Labute approximate surface area is 211 Å². The van der Waals surface area contributed by atoms with E-state index in [1.54, 1.807) is 4.90 Å². The maximum Gasteiger partial charge on any atom is 0.411 e. The molecule has 36 heavy (non-hydrogen) atoms. The fraction of sp³-hybridized carbons (Fsp3) is 0.267. The van der Waals surface area contributed by atoms with Gasteiger partial charge < -0.3 is 15.0 Å². The number of amides is 2. The standard InChI is InChI=1S/C30H31N3O3/c1-30(2,3)36-29(35)33-19-25-23(22-16-10-11-17-24(22)31-25)18-26(33)28(34)32-27(20-12-6-4-7-13-20)21-14-8-5-9-15-21/h4-17,26-27,31H,18-19H2,1-3H3,(H,32,34)/t26-/m1/s1. The Bertz CT molecular complexity index is 1330. The van der Waals surface area contributed by atoms with Crippen molar-refractivity contribution < 1.29 is 14.3 Å². The van der Waals surface area contributed by atoms with E-state index in [1.807, 2.05) is 99.6 Å². The molecule has 0 saturated carbocycles. The number of ether oxygens (including phenoxy) is 1. The zero-order valence-corrected chi connectivity index (χ0v) is 20.8. The molecule has 4 aromatic rings. The van der Waals surface area contributed by atoms with Crippen LogP contribution in [-0.2, 0) is 22.5 Å². The third-order valence-electron chi connectivity index (χ3n) is 6.49. The first kappa shape index (κ1) is 23.7. The summed E-state index contributed by atoms with van der Waals surface area (Å²) < 4.78 is 5.71. The van der Waals surface area contributed by atoms with E-state index in [1.165, 1.54) is 0 Å². The SMILES string of the molecule is CC(C)(C)OC(=O)N1Cc2[nH]c3ccccc3c2C[C@@H]1C(=O)NC(c1ccccc1)c1ccccc1. The average molecular weight is 482 g/mol. The molecule has 3 aromatic carbocycles. The fourth-order valence-electron chi connectivity index (χ4n) is 4.84. The summed E-state index contributed by atoms with van der Waals surface area (Å²) in [5.41, 5.74) is 4.29. The van der Waals surface area contributed by atoms with Crippen molar-refractivity contribution in [2.24, 2.45) is 0 Å². The molecule has 0 unspecified atom stereocenters. The van der Waals surface area contributed by atoms with E-state index in [0.29, 0.717) is 6.42 Å². The Morgan fingerprint density at radius 3 is 2.11 bits per heavy atom. The number of aromatic nitrogens is 1. The number of benzene rings is 3. The summed E-state index contributed by atoms with van der Waals surface area (Å²) >= 11 is 0. The lowest BCUT2D eigenvalue weighted by molar-refractivity contribution is -0.127. The number of rotatable bonds is 4. The minimum atomic E-state index is -0.707. The van der Waals surface area contributed by atoms with Gasteiger partial charge in [0.15, 0.2) is 0 Å². The number of carbonyl (C=O) groups excluding carboxylic acids is 2. The van der Waals surface area contributed by atoms with Crippen molar-refractivity contribution in [3.8, 4) is 0 Å². The Kier molecular flexibility index (Phi) is 6.27. The molecule has 0 fully saturated rings. The highest BCUT2D eigenvalue weighted by atomic mass is 16.6. The first-order valence-corrected chi connectivity index (χ1v) is 12.3. The van der Waals surface area contributed by atoms with Crippen LogP contribution in [-0.4, -0.2) is 33.5 Å². The summed E-state index contributed by atoms with van der Waals surface area (Å²) in [6.45, 7) is 5.77. The maximum absolute atomic E-state index is 13.9. The van der Waals surface area contributed by atoms with Gasteiger partial charge in [-0.3, -0.25) is 9.69 Å². The van der Waals surface area contributed by atoms with Crippen LogP contribution in [0, 0.1) is 0 Å². The molecule has 0 aliphatic carbocycles. The maximum atomic E-state index is 13.9. The zero-order chi connectivity index (χ0) is 25.3. The van der Waals surface area contributed by atoms with E-state index in [4.69, 9.17) is 4.74 Å². The number of nitrogens with zero attached hydrogens (tertiary/aromatic N) is 1. The molecule has 0 radical (unpaired) electrons. The molecule has 0 spiro atoms. The van der Waals surface area contributed by atoms with Crippen molar-refractivity contribution in [3.63, 3.8) is 0 Å². The highest BCUT2D eigenvalue weighted by molar-refractivity contribution is 5.90. The third kappa shape index (κ3) is 4.85. The molecular weight excluding hydrogens is 450 g/mol. The Morgan fingerprint density at radius 1 is 0.917 bits per heavy atom. The van der Waals surface area contributed by atoms with Crippen LogP contribution in [0.1, 0.15) is 49.2 Å². The second-order valence-electron chi connectivity index (χ2n) is 10.2. The minimum Gasteiger partial charge on any atom is -0.444 e. The van der Waals surface area contributed by atoms with Gasteiger partial charge >= 0.3 is 6.09 Å². The van der Waals surface area contributed by atoms with Gasteiger partial charge in [0.1, 0.15) is 11.6 Å². The number of H-pyrrole nitrogens is 1. The molecule has 184 valence electrons. The van der Waals surface area contributed by atoms with Crippen LogP contribution < -0.4 is 5.32 Å². The predicted octanol–water partition coefficient (Wildman–Crippen LogP) is 5.74. The van der Waals surface area contributed by atoms with E-state index in [0.717, 1.165) is 33.3 Å². The highest BCUT2D eigenvalue weighted by Gasteiger charge is 2.39. The lowest BCUT2D eigenvalue weighted by Crippen LogP contribution is -2.54. The normalized spacial score (nSPS) is 15.6. The molecule has 1 aliphatic rings. The van der Waals surface area contributed by atoms with E-state index in [-0.39, 0.29) is 18.5 Å². The lowest BCUT2D eigenvalue weighted by atomic mass is 9.94. The summed E-state index contributed by atoms with van der Waals surface area (Å²) in [6, 6.07) is 26.8. The van der Waals surface area contributed by atoms with Crippen molar-refractivity contribution in [1.29, 1.82) is 0 Å². The van der Waals surface area contributed by atoms with Crippen molar-refractivity contribution in [3.05, 3.63) is 107 Å². The number of aromatic amines is 1. The van der Waals surface area contributed by atoms with Crippen LogP contribution in [0.15, 0.2) is 84.9 Å². The van der Waals surface area contributed by atoms with Crippen LogP contribution in [0.2, 0.25) is 0 Å². The summed E-state index contributed by atoms with van der Waals surface area (Å²) in [4.78, 5) is 32.2. The molecule has 6 nitrogen and oxygen atoms in total. The first-order chi connectivity index (χ1) is 17.3. The van der Waals surface area contributed by atoms with Gasteiger partial charge in [-0.05, 0) is 43.5 Å². The van der Waals surface area contributed by atoms with Crippen molar-refractivity contribution >= 4 is 22.9 Å². The fourth-order valence-corrected chi connectivity index (χ4v) is 4.84. The highest BCUT2D eigenvalue weighted by Crippen LogP contribution is 2.32. The number of fused-ring (bicyclic) bond motifs is 3. The van der Waals surface area contributed by atoms with Gasteiger partial charge in [0.25, 0.3) is 0 Å². The Hall–Kier alpha value is -4.06. The van der Waals surface area contributed by atoms with Gasteiger partial charge in [0, 0.05) is 23.0 Å². The molecule has 2 amide bonds. The van der Waals surface area contributed by atoms with Gasteiger partial charge in [0.05, 0.1) is 12.6 Å². The quantitative estimate of drug-likeness (QED) is 0.391. The molecule has 1 aromatic heterocycles. The molecule has 1 atom stereocenters. The molecule has 0 saturated heterocycles. The van der Waals surface area contributed by atoms with Crippen LogP contribution in [0.5, 0.6) is 0 Å². The van der Waals surface area contributed by atoms with Gasteiger partial charge in [-0.1, -0.05) is 78.9 Å². The number of para-hydroxylation sites is 1. The molecule has 5 rings (SSSR count). The van der Waals surface area contributed by atoms with Crippen LogP contribution in [0.25, 0.3) is 10.9 Å². The zero-order valence-electron chi connectivity index (χ0n) is 20.8. The van der Waals surface area contributed by atoms with E-state index in [9.17, 15) is 9.59 Å². The van der Waals surface area contributed by atoms with Gasteiger partial charge in [0.2, 0.25) is 5.91 Å². The van der Waals surface area contributed by atoms with E-state index >= 15 is 0 Å². The topological polar surface area (TPSA) is 74.4 Å². The molecule has 0 bridgehead atoms. The summed E-state index contributed by atoms with van der Waals surface area (Å²) in [6.07, 6.45) is -0.0938. The summed E-state index contributed by atoms with van der Waals surface area (Å²) in [5, 5.41) is 4.32.